The van der Waals surface area contributed by atoms with Crippen LogP contribution in [0.15, 0.2) is 17.2 Å². The Hall–Kier alpha value is -0.850. The number of rotatable bonds is 4. The van der Waals surface area contributed by atoms with Gasteiger partial charge in [-0.15, -0.1) is 0 Å². The van der Waals surface area contributed by atoms with Crippen LogP contribution in [-0.4, -0.2) is 37.3 Å². The fourth-order valence-corrected chi connectivity index (χ4v) is 4.14. The third-order valence-electron chi connectivity index (χ3n) is 3.43. The summed E-state index contributed by atoms with van der Waals surface area (Å²) in [6.45, 7) is 3.26. The first-order valence-corrected chi connectivity index (χ1v) is 7.83. The summed E-state index contributed by atoms with van der Waals surface area (Å²) in [6, 6.07) is 1.82. The Morgan fingerprint density at radius 1 is 1.50 bits per heavy atom. The van der Waals surface area contributed by atoms with Crippen LogP contribution in [0.5, 0.6) is 0 Å². The Balaban J connectivity index is 2.23. The van der Waals surface area contributed by atoms with Gasteiger partial charge in [0, 0.05) is 31.0 Å². The van der Waals surface area contributed by atoms with Crippen LogP contribution in [0.4, 0.5) is 0 Å². The molecule has 0 amide bonds. The van der Waals surface area contributed by atoms with E-state index < -0.39 is 10.0 Å². The van der Waals surface area contributed by atoms with Crippen LogP contribution in [0.3, 0.4) is 0 Å². The fraction of sp³-hybridized carbons (Fsp3) is 0.667. The van der Waals surface area contributed by atoms with E-state index in [9.17, 15) is 8.42 Å². The largest absolute Gasteiger partial charge is 0.363 e. The van der Waals surface area contributed by atoms with E-state index in [1.807, 2.05) is 14.0 Å². The van der Waals surface area contributed by atoms with Crippen molar-refractivity contribution in [2.24, 2.45) is 0 Å². The van der Waals surface area contributed by atoms with Crippen molar-refractivity contribution in [3.63, 3.8) is 0 Å². The van der Waals surface area contributed by atoms with Crippen molar-refractivity contribution in [3.05, 3.63) is 18.0 Å². The number of hydrogen-bond acceptors (Lipinski definition) is 3. The van der Waals surface area contributed by atoms with E-state index in [1.54, 1.807) is 16.6 Å². The highest BCUT2D eigenvalue weighted by Gasteiger charge is 2.31. The molecule has 1 atom stereocenters. The van der Waals surface area contributed by atoms with Crippen LogP contribution >= 0.6 is 0 Å². The van der Waals surface area contributed by atoms with Crippen LogP contribution in [0, 0.1) is 0 Å². The maximum atomic E-state index is 12.5. The van der Waals surface area contributed by atoms with Gasteiger partial charge in [0.15, 0.2) is 0 Å². The second-order valence-corrected chi connectivity index (χ2v) is 6.74. The molecule has 0 aliphatic carbocycles. The van der Waals surface area contributed by atoms with Gasteiger partial charge in [-0.2, -0.15) is 4.31 Å². The molecular weight excluding hydrogens is 250 g/mol. The predicted molar refractivity (Wildman–Crippen MR) is 70.8 cm³/mol. The zero-order valence-corrected chi connectivity index (χ0v) is 11.8. The Morgan fingerprint density at radius 3 is 2.94 bits per heavy atom. The number of aromatic nitrogens is 1. The first-order valence-electron chi connectivity index (χ1n) is 6.39. The Bertz CT molecular complexity index is 495. The summed E-state index contributed by atoms with van der Waals surface area (Å²) in [5, 5.41) is 3.00. The number of piperidine rings is 1. The molecule has 2 N–H and O–H groups in total. The molecule has 2 heterocycles. The van der Waals surface area contributed by atoms with E-state index in [2.05, 4.69) is 10.3 Å². The summed E-state index contributed by atoms with van der Waals surface area (Å²) < 4.78 is 26.6. The molecule has 5 nitrogen and oxygen atoms in total. The first-order chi connectivity index (χ1) is 8.55. The van der Waals surface area contributed by atoms with Gasteiger partial charge in [0.25, 0.3) is 0 Å². The number of nitrogens with zero attached hydrogens (tertiary/aromatic N) is 1. The topological polar surface area (TPSA) is 65.2 Å². The van der Waals surface area contributed by atoms with Crippen molar-refractivity contribution in [1.29, 1.82) is 0 Å². The van der Waals surface area contributed by atoms with E-state index in [4.69, 9.17) is 0 Å². The zero-order chi connectivity index (χ0) is 13.2. The molecule has 6 heteroatoms. The fourth-order valence-electron chi connectivity index (χ4n) is 2.42. The van der Waals surface area contributed by atoms with Gasteiger partial charge in [-0.1, -0.05) is 6.42 Å². The number of nitrogens with one attached hydrogen (secondary N) is 2. The molecule has 0 radical (unpaired) electrons. The van der Waals surface area contributed by atoms with Crippen LogP contribution in [-0.2, 0) is 16.6 Å². The number of hydrogen-bond donors (Lipinski definition) is 2. The lowest BCUT2D eigenvalue weighted by Crippen LogP contribution is -2.41. The molecule has 1 aromatic rings. The average Bonchev–Trinajstić information content (AvgIpc) is 2.79. The Labute approximate surface area is 109 Å². The summed E-state index contributed by atoms with van der Waals surface area (Å²) in [5.74, 6) is 0. The van der Waals surface area contributed by atoms with Gasteiger partial charge in [-0.25, -0.2) is 8.42 Å². The highest BCUT2D eigenvalue weighted by Crippen LogP contribution is 2.25. The molecule has 1 aliphatic heterocycles. The number of H-pyrrole nitrogens is 1. The monoisotopic (exact) mass is 271 g/mol. The van der Waals surface area contributed by atoms with Gasteiger partial charge in [0.2, 0.25) is 10.0 Å². The zero-order valence-electron chi connectivity index (χ0n) is 10.9. The van der Waals surface area contributed by atoms with Crippen LogP contribution in [0.25, 0.3) is 0 Å². The maximum absolute atomic E-state index is 12.5. The summed E-state index contributed by atoms with van der Waals surface area (Å²) in [6.07, 6.45) is 4.61. The molecule has 1 unspecified atom stereocenters. The molecule has 1 aromatic heterocycles. The van der Waals surface area contributed by atoms with Crippen molar-refractivity contribution in [3.8, 4) is 0 Å². The normalized spacial score (nSPS) is 22.2. The van der Waals surface area contributed by atoms with E-state index in [1.165, 1.54) is 0 Å². The van der Waals surface area contributed by atoms with Gasteiger partial charge >= 0.3 is 0 Å². The molecule has 0 bridgehead atoms. The average molecular weight is 271 g/mol. The van der Waals surface area contributed by atoms with Crippen molar-refractivity contribution < 1.29 is 8.42 Å². The number of sulfonamides is 1. The summed E-state index contributed by atoms with van der Waals surface area (Å²) in [5.41, 5.74) is 0.890. The summed E-state index contributed by atoms with van der Waals surface area (Å²) in [7, 11) is -1.50. The molecule has 1 fully saturated rings. The van der Waals surface area contributed by atoms with Crippen LogP contribution in [0.2, 0.25) is 0 Å². The molecule has 1 aliphatic rings. The van der Waals surface area contributed by atoms with Crippen molar-refractivity contribution in [2.45, 2.75) is 43.7 Å². The van der Waals surface area contributed by atoms with Crippen molar-refractivity contribution in [1.82, 2.24) is 14.6 Å². The summed E-state index contributed by atoms with van der Waals surface area (Å²) in [4.78, 5) is 3.37. The van der Waals surface area contributed by atoms with Gasteiger partial charge < -0.3 is 10.3 Å². The van der Waals surface area contributed by atoms with Gasteiger partial charge in [0.05, 0.1) is 4.90 Å². The van der Waals surface area contributed by atoms with E-state index in [-0.39, 0.29) is 6.04 Å². The number of aromatic amines is 1. The molecule has 0 saturated carbocycles. The molecular formula is C12H21N3O2S. The first kappa shape index (κ1) is 13.6. The lowest BCUT2D eigenvalue weighted by Gasteiger charge is -2.31. The molecule has 102 valence electrons. The molecule has 0 spiro atoms. The molecule has 0 aromatic carbocycles. The molecule has 2 rings (SSSR count). The minimum atomic E-state index is -3.33. The van der Waals surface area contributed by atoms with E-state index in [0.717, 1.165) is 25.0 Å². The van der Waals surface area contributed by atoms with Crippen molar-refractivity contribution in [2.75, 3.05) is 13.6 Å². The van der Waals surface area contributed by atoms with Crippen LogP contribution < -0.4 is 5.32 Å². The van der Waals surface area contributed by atoms with Gasteiger partial charge in [0.1, 0.15) is 0 Å². The second-order valence-electron chi connectivity index (χ2n) is 4.85. The minimum Gasteiger partial charge on any atom is -0.363 e. The summed E-state index contributed by atoms with van der Waals surface area (Å²) >= 11 is 0. The third kappa shape index (κ3) is 2.60. The molecule has 1 saturated heterocycles. The molecule has 18 heavy (non-hydrogen) atoms. The Morgan fingerprint density at radius 2 is 2.28 bits per heavy atom. The van der Waals surface area contributed by atoms with Gasteiger partial charge in [-0.05, 0) is 32.9 Å². The second kappa shape index (κ2) is 5.42. The minimum absolute atomic E-state index is 0.103. The van der Waals surface area contributed by atoms with Crippen LogP contribution in [0.1, 0.15) is 31.9 Å². The standard InChI is InChI=1S/C12H21N3O2S/c1-10-5-3-4-6-15(10)18(16,17)12-7-11(8-13-2)14-9-12/h7,9-10,13-14H,3-6,8H2,1-2H3. The lowest BCUT2D eigenvalue weighted by atomic mass is 10.1. The predicted octanol–water partition coefficient (Wildman–Crippen LogP) is 1.30. The highest BCUT2D eigenvalue weighted by atomic mass is 32.2. The van der Waals surface area contributed by atoms with E-state index >= 15 is 0 Å². The Kier molecular flexibility index (Phi) is 4.09. The lowest BCUT2D eigenvalue weighted by molar-refractivity contribution is 0.268. The smallest absolute Gasteiger partial charge is 0.244 e. The maximum Gasteiger partial charge on any atom is 0.244 e. The quantitative estimate of drug-likeness (QED) is 0.867. The van der Waals surface area contributed by atoms with Gasteiger partial charge in [-0.3, -0.25) is 0 Å². The highest BCUT2D eigenvalue weighted by molar-refractivity contribution is 7.89. The SMILES string of the molecule is CNCc1cc(S(=O)(=O)N2CCCCC2C)c[nH]1. The van der Waals surface area contributed by atoms with Crippen molar-refractivity contribution >= 4 is 10.0 Å². The third-order valence-corrected chi connectivity index (χ3v) is 5.42. The van der Waals surface area contributed by atoms with E-state index in [0.29, 0.717) is 18.0 Å².